The van der Waals surface area contributed by atoms with Gasteiger partial charge in [0.2, 0.25) is 5.83 Å². The van der Waals surface area contributed by atoms with Crippen molar-refractivity contribution in [1.82, 2.24) is 0 Å². The fourth-order valence-corrected chi connectivity index (χ4v) is 0.918. The van der Waals surface area contributed by atoms with E-state index in [9.17, 15) is 14.3 Å². The van der Waals surface area contributed by atoms with Crippen LogP contribution in [0, 0.1) is 0 Å². The number of amides is 1. The van der Waals surface area contributed by atoms with Crippen LogP contribution in [-0.4, -0.2) is 18.1 Å². The lowest BCUT2D eigenvalue weighted by Gasteiger charge is -2.04. The van der Waals surface area contributed by atoms with Crippen molar-refractivity contribution in [2.75, 3.05) is 12.4 Å². The van der Waals surface area contributed by atoms with Crippen LogP contribution in [0.15, 0.2) is 36.4 Å². The number of phenolic OH excluding ortho intramolecular Hbond substituents is 1. The molecule has 0 radical (unpaired) electrons. The van der Waals surface area contributed by atoms with Crippen molar-refractivity contribution >= 4 is 11.6 Å². The summed E-state index contributed by atoms with van der Waals surface area (Å²) in [6, 6.07) is 6.03. The smallest absolute Gasteiger partial charge is 0.287 e. The Morgan fingerprint density at radius 2 is 2.20 bits per heavy atom. The molecular weight excluding hydrogens is 201 g/mol. The van der Waals surface area contributed by atoms with Crippen LogP contribution in [0.4, 0.5) is 10.1 Å². The van der Waals surface area contributed by atoms with Crippen LogP contribution in [0.3, 0.4) is 0 Å². The Kier molecular flexibility index (Phi) is 3.68. The number of nitrogens with one attached hydrogen (secondary N) is 1. The summed E-state index contributed by atoms with van der Waals surface area (Å²) in [5, 5.41) is 11.5. The molecule has 0 fully saturated rings. The molecule has 0 unspecified atom stereocenters. The summed E-state index contributed by atoms with van der Waals surface area (Å²) in [5.41, 5.74) is 0.141. The van der Waals surface area contributed by atoms with Gasteiger partial charge in [-0.2, -0.15) is 4.39 Å². The zero-order valence-electron chi connectivity index (χ0n) is 8.03. The number of phenols is 1. The van der Waals surface area contributed by atoms with E-state index in [1.54, 1.807) is 12.1 Å². The Labute approximate surface area is 86.0 Å². The van der Waals surface area contributed by atoms with Gasteiger partial charge in [-0.3, -0.25) is 4.79 Å². The zero-order valence-corrected chi connectivity index (χ0v) is 8.03. The van der Waals surface area contributed by atoms with Gasteiger partial charge in [-0.25, -0.2) is 0 Å². The molecule has 5 heteroatoms. The topological polar surface area (TPSA) is 58.6 Å². The minimum Gasteiger partial charge on any atom is -0.506 e. The Morgan fingerprint density at radius 3 is 2.80 bits per heavy atom. The van der Waals surface area contributed by atoms with E-state index in [-0.39, 0.29) is 11.4 Å². The zero-order chi connectivity index (χ0) is 11.3. The van der Waals surface area contributed by atoms with E-state index in [2.05, 4.69) is 10.1 Å². The second kappa shape index (κ2) is 4.99. The van der Waals surface area contributed by atoms with Crippen molar-refractivity contribution in [3.05, 3.63) is 36.4 Å². The van der Waals surface area contributed by atoms with E-state index in [1.165, 1.54) is 19.2 Å². The first-order chi connectivity index (χ1) is 7.15. The first-order valence-electron chi connectivity index (χ1n) is 4.13. The molecule has 15 heavy (non-hydrogen) atoms. The molecule has 0 heterocycles. The number of hydrogen-bond acceptors (Lipinski definition) is 3. The van der Waals surface area contributed by atoms with Gasteiger partial charge in [0, 0.05) is 0 Å². The molecule has 0 saturated heterocycles. The molecule has 0 aliphatic heterocycles. The number of methoxy groups -OCH3 is 1. The van der Waals surface area contributed by atoms with E-state index in [4.69, 9.17) is 0 Å². The third-order valence-electron chi connectivity index (χ3n) is 1.59. The van der Waals surface area contributed by atoms with E-state index >= 15 is 0 Å². The van der Waals surface area contributed by atoms with Crippen molar-refractivity contribution in [2.24, 2.45) is 0 Å². The molecule has 0 spiro atoms. The summed E-state index contributed by atoms with van der Waals surface area (Å²) < 4.78 is 17.2. The number of para-hydroxylation sites is 2. The van der Waals surface area contributed by atoms with Crippen LogP contribution >= 0.6 is 0 Å². The van der Waals surface area contributed by atoms with Crippen LogP contribution < -0.4 is 5.32 Å². The minimum atomic E-state index is -1.07. The maximum atomic E-state index is 12.9. The summed E-state index contributed by atoms with van der Waals surface area (Å²) in [6.07, 6.45) is 0.676. The quantitative estimate of drug-likeness (QED) is 0.455. The lowest BCUT2D eigenvalue weighted by atomic mass is 10.3. The van der Waals surface area contributed by atoms with E-state index in [0.29, 0.717) is 6.26 Å². The van der Waals surface area contributed by atoms with Crippen molar-refractivity contribution in [1.29, 1.82) is 0 Å². The maximum absolute atomic E-state index is 12.9. The Hall–Kier alpha value is -2.04. The lowest BCUT2D eigenvalue weighted by Crippen LogP contribution is -2.12. The van der Waals surface area contributed by atoms with Crippen molar-refractivity contribution in [3.8, 4) is 5.75 Å². The second-order valence-electron chi connectivity index (χ2n) is 2.67. The summed E-state index contributed by atoms with van der Waals surface area (Å²) in [7, 11) is 1.23. The predicted molar refractivity (Wildman–Crippen MR) is 52.9 cm³/mol. The number of carbonyl (C=O) groups excluding carboxylic acids is 1. The molecule has 0 bridgehead atoms. The molecule has 80 valence electrons. The molecule has 1 aromatic rings. The van der Waals surface area contributed by atoms with Gasteiger partial charge < -0.3 is 15.2 Å². The second-order valence-corrected chi connectivity index (χ2v) is 2.67. The number of hydrogen-bond donors (Lipinski definition) is 2. The van der Waals surface area contributed by atoms with Gasteiger partial charge in [0.1, 0.15) is 12.0 Å². The number of ether oxygens (including phenoxy) is 1. The van der Waals surface area contributed by atoms with E-state index in [0.717, 1.165) is 0 Å². The highest BCUT2D eigenvalue weighted by Crippen LogP contribution is 2.22. The van der Waals surface area contributed by atoms with Gasteiger partial charge in [0.15, 0.2) is 0 Å². The fourth-order valence-electron chi connectivity index (χ4n) is 0.918. The largest absolute Gasteiger partial charge is 0.506 e. The summed E-state index contributed by atoms with van der Waals surface area (Å²) in [4.78, 5) is 11.1. The maximum Gasteiger partial charge on any atom is 0.287 e. The Morgan fingerprint density at radius 1 is 1.53 bits per heavy atom. The number of anilines is 1. The highest BCUT2D eigenvalue weighted by Gasteiger charge is 2.10. The predicted octanol–water partition coefficient (Wildman–Crippen LogP) is 1.79. The molecular formula is C10H10FNO3. The molecule has 4 nitrogen and oxygen atoms in total. The molecule has 1 amide bonds. The first kappa shape index (κ1) is 11.0. The van der Waals surface area contributed by atoms with Crippen LogP contribution in [-0.2, 0) is 9.53 Å². The minimum absolute atomic E-state index is 0.129. The van der Waals surface area contributed by atoms with Gasteiger partial charge in [-0.1, -0.05) is 12.1 Å². The fraction of sp³-hybridized carbons (Fsp3) is 0.100. The molecule has 0 aromatic heterocycles. The monoisotopic (exact) mass is 211 g/mol. The lowest BCUT2D eigenvalue weighted by molar-refractivity contribution is -0.114. The molecule has 2 N–H and O–H groups in total. The van der Waals surface area contributed by atoms with Crippen molar-refractivity contribution < 1.29 is 19.0 Å². The molecule has 0 aliphatic carbocycles. The van der Waals surface area contributed by atoms with Crippen LogP contribution in [0.1, 0.15) is 0 Å². The van der Waals surface area contributed by atoms with Gasteiger partial charge in [-0.15, -0.1) is 0 Å². The normalized spacial score (nSPS) is 10.9. The Balaban J connectivity index is 2.75. The summed E-state index contributed by atoms with van der Waals surface area (Å²) in [6.45, 7) is 0. The number of benzene rings is 1. The standard InChI is InChI=1S/C10H10FNO3/c1-15-6-7(11)10(14)12-8-4-2-3-5-9(8)13/h2-6,13H,1H3,(H,12,14)/b7-6-. The number of halogens is 1. The van der Waals surface area contributed by atoms with Gasteiger partial charge in [-0.05, 0) is 12.1 Å². The van der Waals surface area contributed by atoms with Crippen molar-refractivity contribution in [3.63, 3.8) is 0 Å². The van der Waals surface area contributed by atoms with Crippen LogP contribution in [0.5, 0.6) is 5.75 Å². The van der Waals surface area contributed by atoms with Crippen LogP contribution in [0.2, 0.25) is 0 Å². The van der Waals surface area contributed by atoms with Crippen molar-refractivity contribution in [2.45, 2.75) is 0 Å². The summed E-state index contributed by atoms with van der Waals surface area (Å²) >= 11 is 0. The van der Waals surface area contributed by atoms with Gasteiger partial charge >= 0.3 is 0 Å². The summed E-state index contributed by atoms with van der Waals surface area (Å²) in [5.74, 6) is -2.17. The van der Waals surface area contributed by atoms with Gasteiger partial charge in [0.25, 0.3) is 5.91 Å². The van der Waals surface area contributed by atoms with Crippen LogP contribution in [0.25, 0.3) is 0 Å². The molecule has 1 aromatic carbocycles. The Bertz CT molecular complexity index is 390. The third kappa shape index (κ3) is 2.98. The van der Waals surface area contributed by atoms with Gasteiger partial charge in [0.05, 0.1) is 12.8 Å². The average Bonchev–Trinajstić information content (AvgIpc) is 2.21. The number of carbonyl (C=O) groups is 1. The van der Waals surface area contributed by atoms with E-state index < -0.39 is 11.7 Å². The molecule has 0 atom stereocenters. The highest BCUT2D eigenvalue weighted by molar-refractivity contribution is 6.02. The first-order valence-corrected chi connectivity index (χ1v) is 4.13. The molecule has 1 rings (SSSR count). The van der Waals surface area contributed by atoms with E-state index in [1.807, 2.05) is 0 Å². The SMILES string of the molecule is CO/C=C(\F)C(=O)Nc1ccccc1O. The number of aromatic hydroxyl groups is 1. The number of rotatable bonds is 3. The third-order valence-corrected chi connectivity index (χ3v) is 1.59. The molecule has 0 saturated carbocycles. The average molecular weight is 211 g/mol. The highest BCUT2D eigenvalue weighted by atomic mass is 19.1. The molecule has 0 aliphatic rings.